The minimum atomic E-state index is -0.480. The lowest BCUT2D eigenvalue weighted by Gasteiger charge is -2.10. The van der Waals surface area contributed by atoms with Gasteiger partial charge in [-0.15, -0.1) is 0 Å². The number of nitro benzene ring substituents is 1. The van der Waals surface area contributed by atoms with Gasteiger partial charge in [-0.1, -0.05) is 29.3 Å². The molecule has 0 unspecified atom stereocenters. The zero-order chi connectivity index (χ0) is 22.0. The first kappa shape index (κ1) is 20.6. The number of nitrogens with one attached hydrogen (secondary N) is 1. The fraction of sp³-hybridized carbons (Fsp3) is 0.0500. The van der Waals surface area contributed by atoms with Crippen molar-refractivity contribution >= 4 is 40.6 Å². The van der Waals surface area contributed by atoms with E-state index in [9.17, 15) is 14.9 Å². The number of hydrogen-bond donors (Lipinski definition) is 1. The van der Waals surface area contributed by atoms with Gasteiger partial charge in [0.05, 0.1) is 35.1 Å². The Morgan fingerprint density at radius 3 is 2.58 bits per heavy atom. The summed E-state index contributed by atoms with van der Waals surface area (Å²) in [5.74, 6) is 0.108. The second kappa shape index (κ2) is 8.58. The predicted molar refractivity (Wildman–Crippen MR) is 116 cm³/mol. The highest BCUT2D eigenvalue weighted by Gasteiger charge is 2.14. The number of hydrogen-bond acceptors (Lipinski definition) is 5. The van der Waals surface area contributed by atoms with Crippen molar-refractivity contribution in [3.8, 4) is 5.69 Å². The number of halogens is 2. The number of non-ortho nitro benzene ring substituents is 1. The summed E-state index contributed by atoms with van der Waals surface area (Å²) in [4.78, 5) is 23.0. The van der Waals surface area contributed by atoms with E-state index in [1.165, 1.54) is 29.2 Å². The van der Waals surface area contributed by atoms with Crippen LogP contribution in [0.5, 0.6) is 0 Å². The molecule has 4 aromatic rings. The Labute approximate surface area is 186 Å². The average Bonchev–Trinajstić information content (AvgIpc) is 3.40. The monoisotopic (exact) mass is 456 g/mol. The zero-order valence-corrected chi connectivity index (χ0v) is 17.3. The summed E-state index contributed by atoms with van der Waals surface area (Å²) >= 11 is 12.2. The van der Waals surface area contributed by atoms with Crippen LogP contribution in [0.4, 0.5) is 11.5 Å². The Bertz CT molecular complexity index is 1270. The van der Waals surface area contributed by atoms with Gasteiger partial charge in [0.2, 0.25) is 0 Å². The van der Waals surface area contributed by atoms with Crippen molar-refractivity contribution in [2.24, 2.45) is 0 Å². The Morgan fingerprint density at radius 2 is 1.87 bits per heavy atom. The first-order valence-corrected chi connectivity index (χ1v) is 9.73. The number of anilines is 1. The Kier molecular flexibility index (Phi) is 5.70. The van der Waals surface area contributed by atoms with Crippen molar-refractivity contribution in [2.45, 2.75) is 6.54 Å². The van der Waals surface area contributed by atoms with Gasteiger partial charge >= 0.3 is 0 Å². The van der Waals surface area contributed by atoms with Gasteiger partial charge in [-0.2, -0.15) is 10.2 Å². The largest absolute Gasteiger partial charge is 0.307 e. The second-order valence-electron chi connectivity index (χ2n) is 6.51. The van der Waals surface area contributed by atoms with Gasteiger partial charge in [0.15, 0.2) is 0 Å². The minimum absolute atomic E-state index is 0.0251. The van der Waals surface area contributed by atoms with Crippen LogP contribution in [0.25, 0.3) is 5.69 Å². The van der Waals surface area contributed by atoms with Gasteiger partial charge < -0.3 is 5.32 Å². The van der Waals surface area contributed by atoms with Gasteiger partial charge in [-0.05, 0) is 29.8 Å². The lowest BCUT2D eigenvalue weighted by atomic mass is 10.2. The molecule has 0 radical (unpaired) electrons. The molecule has 0 atom stereocenters. The molecule has 0 bridgehead atoms. The molecule has 0 fully saturated rings. The summed E-state index contributed by atoms with van der Waals surface area (Å²) in [5.41, 5.74) is 1.68. The quantitative estimate of drug-likeness (QED) is 0.337. The van der Waals surface area contributed by atoms with Crippen molar-refractivity contribution in [2.75, 3.05) is 5.32 Å². The summed E-state index contributed by atoms with van der Waals surface area (Å²) in [6, 6.07) is 12.7. The summed E-state index contributed by atoms with van der Waals surface area (Å²) in [6.45, 7) is 0.348. The number of carbonyl (C=O) groups is 1. The van der Waals surface area contributed by atoms with Gasteiger partial charge in [-0.25, -0.2) is 9.36 Å². The van der Waals surface area contributed by atoms with Crippen LogP contribution in [0.3, 0.4) is 0 Å². The van der Waals surface area contributed by atoms with Crippen LogP contribution in [-0.4, -0.2) is 30.4 Å². The first-order valence-electron chi connectivity index (χ1n) is 8.97. The first-order chi connectivity index (χ1) is 14.9. The molecule has 11 heteroatoms. The van der Waals surface area contributed by atoms with E-state index in [0.717, 1.165) is 5.56 Å². The lowest BCUT2D eigenvalue weighted by molar-refractivity contribution is -0.384. The standard InChI is InChI=1S/C20H14Cl2N6O3/c21-15-2-1-13(18(22)9-15)11-27-19(7-8-23-27)25-20(29)14-10-24-26(12-14)16-3-5-17(6-4-16)28(30)31/h1-10,12H,11H2,(H,25,29). The predicted octanol–water partition coefficient (Wildman–Crippen LogP) is 4.58. The van der Waals surface area contributed by atoms with Gasteiger partial charge in [0.1, 0.15) is 5.82 Å². The maximum Gasteiger partial charge on any atom is 0.269 e. The highest BCUT2D eigenvalue weighted by molar-refractivity contribution is 6.35. The van der Waals surface area contributed by atoms with Crippen LogP contribution in [0, 0.1) is 10.1 Å². The molecule has 2 aromatic heterocycles. The molecule has 0 aliphatic heterocycles. The fourth-order valence-corrected chi connectivity index (χ4v) is 3.34. The van der Waals surface area contributed by atoms with Gasteiger partial charge in [-0.3, -0.25) is 14.9 Å². The highest BCUT2D eigenvalue weighted by Crippen LogP contribution is 2.23. The van der Waals surface area contributed by atoms with E-state index >= 15 is 0 Å². The summed E-state index contributed by atoms with van der Waals surface area (Å²) in [5, 5.41) is 23.0. The maximum absolute atomic E-state index is 12.7. The molecular formula is C20H14Cl2N6O3. The topological polar surface area (TPSA) is 108 Å². The smallest absolute Gasteiger partial charge is 0.269 e. The van der Waals surface area contributed by atoms with Crippen LogP contribution in [-0.2, 0) is 6.54 Å². The molecule has 2 aromatic carbocycles. The third-order valence-corrected chi connectivity index (χ3v) is 5.05. The fourth-order valence-electron chi connectivity index (χ4n) is 2.87. The molecule has 0 aliphatic rings. The third-order valence-electron chi connectivity index (χ3n) is 4.46. The maximum atomic E-state index is 12.7. The van der Waals surface area contributed by atoms with Crippen LogP contribution < -0.4 is 5.32 Å². The van der Waals surface area contributed by atoms with Crippen LogP contribution in [0.15, 0.2) is 67.1 Å². The number of aromatic nitrogens is 4. The Balaban J connectivity index is 1.48. The minimum Gasteiger partial charge on any atom is -0.307 e. The van der Waals surface area contributed by atoms with E-state index in [4.69, 9.17) is 23.2 Å². The van der Waals surface area contributed by atoms with Crippen molar-refractivity contribution in [3.63, 3.8) is 0 Å². The molecule has 9 nitrogen and oxygen atoms in total. The van der Waals surface area contributed by atoms with E-state index < -0.39 is 4.92 Å². The number of nitrogens with zero attached hydrogens (tertiary/aromatic N) is 5. The second-order valence-corrected chi connectivity index (χ2v) is 7.35. The highest BCUT2D eigenvalue weighted by atomic mass is 35.5. The molecule has 2 heterocycles. The van der Waals surface area contributed by atoms with E-state index in [2.05, 4.69) is 15.5 Å². The summed E-state index contributed by atoms with van der Waals surface area (Å²) < 4.78 is 3.07. The molecule has 0 saturated heterocycles. The van der Waals surface area contributed by atoms with Crippen molar-refractivity contribution < 1.29 is 9.72 Å². The molecule has 0 saturated carbocycles. The number of benzene rings is 2. The molecule has 31 heavy (non-hydrogen) atoms. The van der Waals surface area contributed by atoms with Crippen LogP contribution in [0.1, 0.15) is 15.9 Å². The average molecular weight is 457 g/mol. The SMILES string of the molecule is O=C(Nc1ccnn1Cc1ccc(Cl)cc1Cl)c1cnn(-c2ccc([N+](=O)[O-])cc2)c1. The van der Waals surface area contributed by atoms with Crippen LogP contribution in [0.2, 0.25) is 10.0 Å². The summed E-state index contributed by atoms with van der Waals surface area (Å²) in [7, 11) is 0. The van der Waals surface area contributed by atoms with Crippen molar-refractivity contribution in [3.05, 3.63) is 98.4 Å². The summed E-state index contributed by atoms with van der Waals surface area (Å²) in [6.07, 6.45) is 4.51. The van der Waals surface area contributed by atoms with Crippen LogP contribution >= 0.6 is 23.2 Å². The molecular weight excluding hydrogens is 443 g/mol. The number of carbonyl (C=O) groups excluding carboxylic acids is 1. The van der Waals surface area contributed by atoms with Crippen molar-refractivity contribution in [1.82, 2.24) is 19.6 Å². The molecule has 0 spiro atoms. The molecule has 0 aliphatic carbocycles. The van der Waals surface area contributed by atoms with Gasteiger partial charge in [0, 0.05) is 34.4 Å². The van der Waals surface area contributed by atoms with E-state index in [1.54, 1.807) is 47.3 Å². The molecule has 1 N–H and O–H groups in total. The molecule has 4 rings (SSSR count). The number of nitro groups is 1. The third kappa shape index (κ3) is 4.57. The molecule has 1 amide bonds. The van der Waals surface area contributed by atoms with E-state index in [-0.39, 0.29) is 11.6 Å². The number of amides is 1. The Hall–Kier alpha value is -3.69. The zero-order valence-electron chi connectivity index (χ0n) is 15.8. The van der Waals surface area contributed by atoms with E-state index in [0.29, 0.717) is 33.7 Å². The van der Waals surface area contributed by atoms with Crippen molar-refractivity contribution in [1.29, 1.82) is 0 Å². The normalized spacial score (nSPS) is 10.8. The van der Waals surface area contributed by atoms with Gasteiger partial charge in [0.25, 0.3) is 11.6 Å². The molecule has 156 valence electrons. The lowest BCUT2D eigenvalue weighted by Crippen LogP contribution is -2.16. The van der Waals surface area contributed by atoms with E-state index in [1.807, 2.05) is 0 Å². The Morgan fingerprint density at radius 1 is 1.10 bits per heavy atom. The number of rotatable bonds is 6.